The first kappa shape index (κ1) is 18.8. The van der Waals surface area contributed by atoms with Crippen LogP contribution < -0.4 is 9.64 Å². The number of anilines is 2. The van der Waals surface area contributed by atoms with E-state index in [1.54, 1.807) is 30.2 Å². The van der Waals surface area contributed by atoms with Crippen molar-refractivity contribution in [2.45, 2.75) is 0 Å². The maximum Gasteiger partial charge on any atom is 0.263 e. The van der Waals surface area contributed by atoms with Gasteiger partial charge in [-0.3, -0.25) is 9.69 Å². The van der Waals surface area contributed by atoms with Crippen molar-refractivity contribution >= 4 is 63.0 Å². The van der Waals surface area contributed by atoms with Gasteiger partial charge in [0.15, 0.2) is 0 Å². The van der Waals surface area contributed by atoms with E-state index in [1.165, 1.54) is 0 Å². The number of nitrogens with one attached hydrogen (secondary N) is 1. The molecule has 5 rings (SSSR count). The molecule has 1 aromatic heterocycles. The third kappa shape index (κ3) is 2.88. The normalized spacial score (nSPS) is 14.6. The Bertz CT molecular complexity index is 1320. The van der Waals surface area contributed by atoms with Crippen LogP contribution in [0.15, 0.2) is 66.9 Å². The van der Waals surface area contributed by atoms with Crippen molar-refractivity contribution in [3.63, 3.8) is 0 Å². The van der Waals surface area contributed by atoms with E-state index in [2.05, 4.69) is 4.98 Å². The molecule has 0 aliphatic carbocycles. The topological polar surface area (TPSA) is 45.3 Å². The molecule has 3 aromatic carbocycles. The Morgan fingerprint density at radius 2 is 1.77 bits per heavy atom. The lowest BCUT2D eigenvalue weighted by molar-refractivity contribution is -0.112. The number of benzene rings is 3. The van der Waals surface area contributed by atoms with E-state index in [9.17, 15) is 4.79 Å². The van der Waals surface area contributed by atoms with Gasteiger partial charge in [-0.1, -0.05) is 47.5 Å². The molecule has 6 heteroatoms. The van der Waals surface area contributed by atoms with Gasteiger partial charge >= 0.3 is 0 Å². The van der Waals surface area contributed by atoms with Gasteiger partial charge in [0.05, 0.1) is 34.1 Å². The lowest BCUT2D eigenvalue weighted by atomic mass is 10.0. The predicted molar refractivity (Wildman–Crippen MR) is 123 cm³/mol. The second kappa shape index (κ2) is 7.24. The third-order valence-electron chi connectivity index (χ3n) is 5.25. The first-order chi connectivity index (χ1) is 14.6. The van der Waals surface area contributed by atoms with Crippen molar-refractivity contribution in [2.24, 2.45) is 0 Å². The molecular weight excluding hydrogens is 419 g/mol. The minimum absolute atomic E-state index is 0.177. The number of amides is 1. The first-order valence-electron chi connectivity index (χ1n) is 9.33. The van der Waals surface area contributed by atoms with Gasteiger partial charge in [-0.05, 0) is 42.5 Å². The minimum Gasteiger partial charge on any atom is -0.497 e. The number of carbonyl (C=O) groups is 1. The fourth-order valence-electron chi connectivity index (χ4n) is 3.83. The Labute approximate surface area is 183 Å². The first-order valence-corrected chi connectivity index (χ1v) is 10.1. The van der Waals surface area contributed by atoms with Crippen LogP contribution in [0.2, 0.25) is 10.0 Å². The molecule has 0 saturated carbocycles. The van der Waals surface area contributed by atoms with Crippen LogP contribution in [0.3, 0.4) is 0 Å². The highest BCUT2D eigenvalue weighted by Crippen LogP contribution is 2.47. The molecule has 0 atom stereocenters. The zero-order chi connectivity index (χ0) is 20.8. The maximum atomic E-state index is 13.6. The molecule has 30 heavy (non-hydrogen) atoms. The average Bonchev–Trinajstić information content (AvgIpc) is 3.27. The van der Waals surface area contributed by atoms with E-state index in [0.717, 1.165) is 33.5 Å². The SMILES string of the molecule is COc1ccc2[nH]cc(/C=C3\C(=O)N(c4c(Cl)cccc4Cl)c4ccccc43)c2c1. The summed E-state index contributed by atoms with van der Waals surface area (Å²) in [5.41, 5.74) is 4.51. The van der Waals surface area contributed by atoms with Crippen molar-refractivity contribution < 1.29 is 9.53 Å². The third-order valence-corrected chi connectivity index (χ3v) is 5.86. The molecule has 4 aromatic rings. The monoisotopic (exact) mass is 434 g/mol. The van der Waals surface area contributed by atoms with Crippen LogP contribution in [0, 0.1) is 0 Å². The summed E-state index contributed by atoms with van der Waals surface area (Å²) in [6.45, 7) is 0. The molecule has 1 amide bonds. The molecule has 1 N–H and O–H groups in total. The zero-order valence-electron chi connectivity index (χ0n) is 15.9. The van der Waals surface area contributed by atoms with E-state index in [1.807, 2.05) is 54.7 Å². The second-order valence-electron chi connectivity index (χ2n) is 6.94. The Hall–Kier alpha value is -3.21. The van der Waals surface area contributed by atoms with Crippen LogP contribution in [-0.4, -0.2) is 18.0 Å². The van der Waals surface area contributed by atoms with Crippen molar-refractivity contribution in [3.05, 3.63) is 88.0 Å². The van der Waals surface area contributed by atoms with Gasteiger partial charge in [0.25, 0.3) is 5.91 Å². The summed E-state index contributed by atoms with van der Waals surface area (Å²) < 4.78 is 5.36. The molecule has 0 spiro atoms. The summed E-state index contributed by atoms with van der Waals surface area (Å²) in [5, 5.41) is 1.81. The quantitative estimate of drug-likeness (QED) is 0.364. The number of H-pyrrole nitrogens is 1. The summed E-state index contributed by atoms with van der Waals surface area (Å²) in [4.78, 5) is 18.4. The number of aromatic amines is 1. The number of hydrogen-bond acceptors (Lipinski definition) is 2. The number of carbonyl (C=O) groups excluding carboxylic acids is 1. The van der Waals surface area contributed by atoms with Gasteiger partial charge in [0.1, 0.15) is 5.75 Å². The van der Waals surface area contributed by atoms with E-state index in [0.29, 0.717) is 21.3 Å². The largest absolute Gasteiger partial charge is 0.497 e. The highest BCUT2D eigenvalue weighted by molar-refractivity contribution is 6.45. The number of hydrogen-bond donors (Lipinski definition) is 1. The lowest BCUT2D eigenvalue weighted by Crippen LogP contribution is -2.21. The number of halogens is 2. The molecule has 0 bridgehead atoms. The molecule has 0 unspecified atom stereocenters. The number of rotatable bonds is 3. The van der Waals surface area contributed by atoms with Crippen LogP contribution in [0.4, 0.5) is 11.4 Å². The number of ether oxygens (including phenoxy) is 1. The standard InChI is InChI=1S/C24H16Cl2N2O2/c1-30-15-9-10-21-17(12-15)14(13-27-21)11-18-16-5-2-3-8-22(16)28(24(18)29)23-19(25)6-4-7-20(23)26/h2-13,27H,1H3/b18-11-. The van der Waals surface area contributed by atoms with Gasteiger partial charge in [0.2, 0.25) is 0 Å². The van der Waals surface area contributed by atoms with E-state index >= 15 is 0 Å². The van der Waals surface area contributed by atoms with Crippen molar-refractivity contribution in [1.29, 1.82) is 0 Å². The average molecular weight is 435 g/mol. The Kier molecular flexibility index (Phi) is 4.54. The van der Waals surface area contributed by atoms with Crippen molar-refractivity contribution in [1.82, 2.24) is 4.98 Å². The number of nitrogens with zero attached hydrogens (tertiary/aromatic N) is 1. The molecule has 148 valence electrons. The number of fused-ring (bicyclic) bond motifs is 2. The number of aromatic nitrogens is 1. The van der Waals surface area contributed by atoms with E-state index in [-0.39, 0.29) is 5.91 Å². The lowest BCUT2D eigenvalue weighted by Gasteiger charge is -2.20. The zero-order valence-corrected chi connectivity index (χ0v) is 17.5. The van der Waals surface area contributed by atoms with Gasteiger partial charge < -0.3 is 9.72 Å². The maximum absolute atomic E-state index is 13.6. The fourth-order valence-corrected chi connectivity index (χ4v) is 4.40. The predicted octanol–water partition coefficient (Wildman–Crippen LogP) is 6.70. The smallest absolute Gasteiger partial charge is 0.263 e. The van der Waals surface area contributed by atoms with Crippen LogP contribution >= 0.6 is 23.2 Å². The molecular formula is C24H16Cl2N2O2. The fraction of sp³-hybridized carbons (Fsp3) is 0.0417. The molecule has 4 nitrogen and oxygen atoms in total. The Morgan fingerprint density at radius 3 is 2.53 bits per heavy atom. The summed E-state index contributed by atoms with van der Waals surface area (Å²) in [6.07, 6.45) is 3.78. The van der Waals surface area contributed by atoms with Crippen LogP contribution in [0.5, 0.6) is 5.75 Å². The summed E-state index contributed by atoms with van der Waals surface area (Å²) in [6, 6.07) is 18.6. The molecule has 0 radical (unpaired) electrons. The van der Waals surface area contributed by atoms with E-state index in [4.69, 9.17) is 27.9 Å². The van der Waals surface area contributed by atoms with Crippen LogP contribution in [0.25, 0.3) is 22.6 Å². The summed E-state index contributed by atoms with van der Waals surface area (Å²) in [5.74, 6) is 0.577. The van der Waals surface area contributed by atoms with Gasteiger partial charge in [0, 0.05) is 28.2 Å². The highest BCUT2D eigenvalue weighted by Gasteiger charge is 2.35. The minimum atomic E-state index is -0.177. The Morgan fingerprint density at radius 1 is 1.00 bits per heavy atom. The van der Waals surface area contributed by atoms with Crippen LogP contribution in [-0.2, 0) is 4.79 Å². The summed E-state index contributed by atoms with van der Waals surface area (Å²) in [7, 11) is 1.63. The van der Waals surface area contributed by atoms with E-state index < -0.39 is 0 Å². The molecule has 1 aliphatic rings. The molecule has 0 fully saturated rings. The second-order valence-corrected chi connectivity index (χ2v) is 7.76. The Balaban J connectivity index is 1.70. The van der Waals surface area contributed by atoms with Gasteiger partial charge in [-0.15, -0.1) is 0 Å². The highest BCUT2D eigenvalue weighted by atomic mass is 35.5. The van der Waals surface area contributed by atoms with Gasteiger partial charge in [-0.2, -0.15) is 0 Å². The summed E-state index contributed by atoms with van der Waals surface area (Å²) >= 11 is 12.9. The molecule has 0 saturated heterocycles. The van der Waals surface area contributed by atoms with Crippen molar-refractivity contribution in [2.75, 3.05) is 12.0 Å². The molecule has 2 heterocycles. The molecule has 1 aliphatic heterocycles. The number of methoxy groups -OCH3 is 1. The number of para-hydroxylation sites is 2. The van der Waals surface area contributed by atoms with Gasteiger partial charge in [-0.25, -0.2) is 0 Å². The van der Waals surface area contributed by atoms with Crippen molar-refractivity contribution in [3.8, 4) is 5.75 Å². The van der Waals surface area contributed by atoms with Crippen LogP contribution in [0.1, 0.15) is 11.1 Å².